The number of hydrogen-bond acceptors (Lipinski definition) is 6. The van der Waals surface area contributed by atoms with Crippen LogP contribution in [0.3, 0.4) is 0 Å². The molecule has 2 aromatic heterocycles. The topological polar surface area (TPSA) is 86.2 Å². The number of carbonyl (C=O) groups is 2. The van der Waals surface area contributed by atoms with Gasteiger partial charge >= 0.3 is 0 Å². The Bertz CT molecular complexity index is 1370. The van der Waals surface area contributed by atoms with Gasteiger partial charge in [-0.15, -0.1) is 22.7 Å². The van der Waals surface area contributed by atoms with Crippen LogP contribution in [0.4, 0.5) is 10.0 Å². The van der Waals surface area contributed by atoms with Crippen molar-refractivity contribution in [3.05, 3.63) is 102 Å². The van der Waals surface area contributed by atoms with Gasteiger partial charge in [-0.1, -0.05) is 23.2 Å². The fraction of sp³-hybridized carbons (Fsp3) is 0.267. The van der Waals surface area contributed by atoms with Gasteiger partial charge in [-0.2, -0.15) is 0 Å². The van der Waals surface area contributed by atoms with E-state index in [-0.39, 0.29) is 11.6 Å². The Labute approximate surface area is 240 Å². The number of carbonyl (C=O) groups excluding carboxylic acids is 2. The van der Waals surface area contributed by atoms with Crippen molar-refractivity contribution in [3.8, 4) is 0 Å². The molecule has 0 fully saturated rings. The number of thiophene rings is 2. The van der Waals surface area contributed by atoms with Crippen molar-refractivity contribution < 1.29 is 9.59 Å². The zero-order valence-corrected chi connectivity index (χ0v) is 24.0. The molecule has 4 N–H and O–H groups in total. The first-order chi connectivity index (χ1) is 18.3. The van der Waals surface area contributed by atoms with Crippen LogP contribution in [0.2, 0.25) is 10.0 Å². The van der Waals surface area contributed by atoms with Gasteiger partial charge in [-0.3, -0.25) is 9.59 Å². The predicted molar refractivity (Wildman–Crippen MR) is 161 cm³/mol. The van der Waals surface area contributed by atoms with Crippen molar-refractivity contribution in [2.75, 3.05) is 11.5 Å². The van der Waals surface area contributed by atoms with Crippen LogP contribution in [0.5, 0.6) is 0 Å². The summed E-state index contributed by atoms with van der Waals surface area (Å²) in [5, 5.41) is 2.59. The van der Waals surface area contributed by atoms with E-state index in [0.29, 0.717) is 31.2 Å². The third-order valence-electron chi connectivity index (χ3n) is 7.06. The van der Waals surface area contributed by atoms with Gasteiger partial charge in [0.05, 0.1) is 21.1 Å². The molecule has 0 amide bonds. The van der Waals surface area contributed by atoms with Crippen molar-refractivity contribution in [1.29, 1.82) is 0 Å². The molecule has 0 saturated heterocycles. The van der Waals surface area contributed by atoms with E-state index >= 15 is 0 Å². The maximum Gasteiger partial charge on any atom is 0.196 e. The normalized spacial score (nSPS) is 14.2. The fourth-order valence-corrected chi connectivity index (χ4v) is 7.73. The summed E-state index contributed by atoms with van der Waals surface area (Å²) in [5.41, 5.74) is 17.2. The van der Waals surface area contributed by atoms with Crippen LogP contribution < -0.4 is 11.5 Å². The van der Waals surface area contributed by atoms with E-state index in [2.05, 4.69) is 0 Å². The average molecular weight is 584 g/mol. The van der Waals surface area contributed by atoms with E-state index in [0.717, 1.165) is 49.7 Å². The van der Waals surface area contributed by atoms with Crippen molar-refractivity contribution in [1.82, 2.24) is 0 Å². The van der Waals surface area contributed by atoms with Gasteiger partial charge in [0.25, 0.3) is 0 Å². The Balaban J connectivity index is 0.000000155. The molecule has 2 aliphatic rings. The maximum atomic E-state index is 12.6. The van der Waals surface area contributed by atoms with Gasteiger partial charge in [0, 0.05) is 30.9 Å². The molecule has 0 atom stereocenters. The molecule has 2 heterocycles. The molecular formula is C30H28Cl2N2O2S2. The Morgan fingerprint density at radius 1 is 0.579 bits per heavy atom. The van der Waals surface area contributed by atoms with E-state index in [9.17, 15) is 9.59 Å². The number of hydrogen-bond donors (Lipinski definition) is 2. The zero-order chi connectivity index (χ0) is 26.8. The molecule has 196 valence electrons. The molecule has 0 spiro atoms. The predicted octanol–water partition coefficient (Wildman–Crippen LogP) is 8.19. The summed E-state index contributed by atoms with van der Waals surface area (Å²) in [6.45, 7) is 0. The van der Waals surface area contributed by atoms with Crippen molar-refractivity contribution in [2.45, 2.75) is 51.4 Å². The van der Waals surface area contributed by atoms with Gasteiger partial charge in [-0.25, -0.2) is 0 Å². The molecule has 2 aliphatic carbocycles. The first kappa shape index (κ1) is 26.9. The fourth-order valence-electron chi connectivity index (χ4n) is 5.16. The molecule has 0 saturated carbocycles. The molecule has 0 aliphatic heterocycles. The SMILES string of the molecule is Nc1sc2c(c1C(=O)c1ccc(Cl)cc1)CCCC2.Nc1sc2c(c1C(=O)c1ccc(Cl)cc1)CCCC2. The number of nitrogens with two attached hydrogens (primary N) is 2. The number of anilines is 2. The summed E-state index contributed by atoms with van der Waals surface area (Å²) in [5.74, 6) is 0.0436. The van der Waals surface area contributed by atoms with Crippen LogP contribution in [0.25, 0.3) is 0 Å². The van der Waals surface area contributed by atoms with Gasteiger partial charge < -0.3 is 11.5 Å². The van der Waals surface area contributed by atoms with E-state index in [4.69, 9.17) is 34.7 Å². The van der Waals surface area contributed by atoms with Gasteiger partial charge in [0.15, 0.2) is 11.6 Å². The molecule has 0 unspecified atom stereocenters. The lowest BCUT2D eigenvalue weighted by molar-refractivity contribution is 0.103. The lowest BCUT2D eigenvalue weighted by atomic mass is 9.92. The first-order valence-electron chi connectivity index (χ1n) is 12.7. The Morgan fingerprint density at radius 2 is 0.921 bits per heavy atom. The largest absolute Gasteiger partial charge is 0.390 e. The van der Waals surface area contributed by atoms with Crippen LogP contribution in [-0.4, -0.2) is 11.6 Å². The van der Waals surface area contributed by atoms with Crippen LogP contribution in [0.15, 0.2) is 48.5 Å². The number of aryl methyl sites for hydroxylation is 2. The number of rotatable bonds is 4. The molecule has 2 aromatic carbocycles. The third kappa shape index (κ3) is 5.55. The van der Waals surface area contributed by atoms with Gasteiger partial charge in [-0.05, 0) is 111 Å². The Kier molecular flexibility index (Phi) is 8.24. The van der Waals surface area contributed by atoms with Crippen molar-refractivity contribution >= 4 is 67.4 Å². The van der Waals surface area contributed by atoms with E-state index < -0.39 is 0 Å². The highest BCUT2D eigenvalue weighted by Crippen LogP contribution is 2.38. The van der Waals surface area contributed by atoms with Crippen molar-refractivity contribution in [3.63, 3.8) is 0 Å². The minimum absolute atomic E-state index is 0.0218. The van der Waals surface area contributed by atoms with Gasteiger partial charge in [0.1, 0.15) is 0 Å². The van der Waals surface area contributed by atoms with E-state index in [1.165, 1.54) is 33.7 Å². The zero-order valence-electron chi connectivity index (χ0n) is 20.8. The Morgan fingerprint density at radius 3 is 1.29 bits per heavy atom. The monoisotopic (exact) mass is 582 g/mol. The molecule has 0 radical (unpaired) electrons. The summed E-state index contributed by atoms with van der Waals surface area (Å²) in [6.07, 6.45) is 8.72. The lowest BCUT2D eigenvalue weighted by Gasteiger charge is -2.12. The number of benzene rings is 2. The number of nitrogen functional groups attached to an aromatic ring is 2. The van der Waals surface area contributed by atoms with Crippen LogP contribution in [-0.2, 0) is 25.7 Å². The van der Waals surface area contributed by atoms with E-state index in [1.54, 1.807) is 71.2 Å². The molecular weight excluding hydrogens is 555 g/mol. The highest BCUT2D eigenvalue weighted by molar-refractivity contribution is 7.17. The second-order valence-corrected chi connectivity index (χ2v) is 12.7. The first-order valence-corrected chi connectivity index (χ1v) is 15.1. The molecule has 4 nitrogen and oxygen atoms in total. The second-order valence-electron chi connectivity index (χ2n) is 9.57. The van der Waals surface area contributed by atoms with Crippen molar-refractivity contribution in [2.24, 2.45) is 0 Å². The van der Waals surface area contributed by atoms with Crippen LogP contribution in [0, 0.1) is 0 Å². The summed E-state index contributed by atoms with van der Waals surface area (Å²) in [4.78, 5) is 27.8. The average Bonchev–Trinajstić information content (AvgIpc) is 3.44. The molecule has 38 heavy (non-hydrogen) atoms. The lowest BCUT2D eigenvalue weighted by Crippen LogP contribution is -2.08. The molecule has 6 rings (SSSR count). The molecule has 8 heteroatoms. The maximum absolute atomic E-state index is 12.6. The quantitative estimate of drug-likeness (QED) is 0.237. The minimum atomic E-state index is 0.0218. The number of fused-ring (bicyclic) bond motifs is 2. The standard InChI is InChI=1S/2C15H14ClNOS/c2*16-10-7-5-9(6-8-10)14(18)13-11-3-1-2-4-12(11)19-15(13)17/h2*5-8H,1-4,17H2. The summed E-state index contributed by atoms with van der Waals surface area (Å²) < 4.78 is 0. The smallest absolute Gasteiger partial charge is 0.196 e. The van der Waals surface area contributed by atoms with Gasteiger partial charge in [0.2, 0.25) is 0 Å². The number of ketones is 2. The minimum Gasteiger partial charge on any atom is -0.390 e. The highest BCUT2D eigenvalue weighted by Gasteiger charge is 2.26. The Hall–Kier alpha value is -2.64. The summed E-state index contributed by atoms with van der Waals surface area (Å²) in [6, 6.07) is 14.0. The van der Waals surface area contributed by atoms with Crippen LogP contribution >= 0.6 is 45.9 Å². The second kappa shape index (κ2) is 11.6. The molecule has 4 aromatic rings. The summed E-state index contributed by atoms with van der Waals surface area (Å²) >= 11 is 14.9. The highest BCUT2D eigenvalue weighted by atomic mass is 35.5. The third-order valence-corrected chi connectivity index (χ3v) is 9.81. The number of halogens is 2. The molecule has 0 bridgehead atoms. The van der Waals surface area contributed by atoms with E-state index in [1.807, 2.05) is 0 Å². The van der Waals surface area contributed by atoms with Crippen LogP contribution in [0.1, 0.15) is 78.4 Å². The summed E-state index contributed by atoms with van der Waals surface area (Å²) in [7, 11) is 0.